The van der Waals surface area contributed by atoms with Crippen molar-refractivity contribution in [3.8, 4) is 0 Å². The van der Waals surface area contributed by atoms with Crippen LogP contribution in [0.1, 0.15) is 27.2 Å². The normalized spacial score (nSPS) is 12.9. The van der Waals surface area contributed by atoms with Gasteiger partial charge in [-0.2, -0.15) is 5.10 Å². The average molecular weight is 195 g/mol. The molecule has 1 aromatic rings. The van der Waals surface area contributed by atoms with Gasteiger partial charge in [-0.05, 0) is 19.3 Å². The first-order valence-corrected chi connectivity index (χ1v) is 4.89. The predicted molar refractivity (Wildman–Crippen MR) is 57.4 cm³/mol. The summed E-state index contributed by atoms with van der Waals surface area (Å²) >= 11 is 0. The third kappa shape index (κ3) is 3.60. The van der Waals surface area contributed by atoms with Crippen molar-refractivity contribution < 1.29 is 0 Å². The van der Waals surface area contributed by atoms with E-state index in [1.54, 1.807) is 6.20 Å². The van der Waals surface area contributed by atoms with Crippen LogP contribution >= 0.6 is 0 Å². The number of H-pyrrole nitrogens is 1. The number of hydrogen-bond acceptors (Lipinski definition) is 3. The summed E-state index contributed by atoms with van der Waals surface area (Å²) in [5.41, 5.74) is 0.605. The highest BCUT2D eigenvalue weighted by atomic mass is 16.1. The van der Waals surface area contributed by atoms with Gasteiger partial charge < -0.3 is 5.32 Å². The molecule has 1 aromatic heterocycles. The van der Waals surface area contributed by atoms with Crippen LogP contribution in [0.15, 0.2) is 17.1 Å². The van der Waals surface area contributed by atoms with Crippen molar-refractivity contribution in [1.82, 2.24) is 10.2 Å². The second-order valence-electron chi connectivity index (χ2n) is 4.01. The zero-order valence-electron chi connectivity index (χ0n) is 8.87. The zero-order chi connectivity index (χ0) is 10.6. The van der Waals surface area contributed by atoms with Crippen molar-refractivity contribution in [2.24, 2.45) is 5.92 Å². The van der Waals surface area contributed by atoms with E-state index in [2.05, 4.69) is 36.3 Å². The highest BCUT2D eigenvalue weighted by molar-refractivity contribution is 5.39. The van der Waals surface area contributed by atoms with Crippen molar-refractivity contribution >= 4 is 5.69 Å². The molecule has 1 rings (SSSR count). The third-order valence-electron chi connectivity index (χ3n) is 1.90. The molecule has 0 saturated carbocycles. The number of hydrogen-bond donors (Lipinski definition) is 2. The molecule has 0 fully saturated rings. The monoisotopic (exact) mass is 195 g/mol. The standard InChI is InChI=1S/C10H17N3O/c1-7(2)4-8(3)12-9-5-10(14)13-11-6-9/h5-8H,4H2,1-3H3,(H2,12,13,14). The van der Waals surface area contributed by atoms with Gasteiger partial charge >= 0.3 is 0 Å². The average Bonchev–Trinajstić information content (AvgIpc) is 2.01. The van der Waals surface area contributed by atoms with E-state index in [0.29, 0.717) is 12.0 Å². The van der Waals surface area contributed by atoms with Gasteiger partial charge in [0.05, 0.1) is 11.9 Å². The van der Waals surface area contributed by atoms with Gasteiger partial charge in [0, 0.05) is 12.1 Å². The molecule has 1 heterocycles. The van der Waals surface area contributed by atoms with Gasteiger partial charge in [-0.25, -0.2) is 5.10 Å². The minimum absolute atomic E-state index is 0.174. The molecule has 0 bridgehead atoms. The minimum atomic E-state index is -0.174. The molecule has 14 heavy (non-hydrogen) atoms. The molecule has 78 valence electrons. The SMILES string of the molecule is CC(C)CC(C)Nc1cn[nH]c(=O)c1. The molecule has 1 atom stereocenters. The van der Waals surface area contributed by atoms with E-state index in [-0.39, 0.29) is 5.56 Å². The van der Waals surface area contributed by atoms with E-state index >= 15 is 0 Å². The van der Waals surface area contributed by atoms with Crippen molar-refractivity contribution in [2.75, 3.05) is 5.32 Å². The Bertz CT molecular complexity index is 332. The Morgan fingerprint density at radius 2 is 2.21 bits per heavy atom. The smallest absolute Gasteiger partial charge is 0.266 e. The summed E-state index contributed by atoms with van der Waals surface area (Å²) < 4.78 is 0. The lowest BCUT2D eigenvalue weighted by molar-refractivity contribution is 0.539. The van der Waals surface area contributed by atoms with Crippen LogP contribution in [0, 0.1) is 5.92 Å². The zero-order valence-corrected chi connectivity index (χ0v) is 8.87. The maximum absolute atomic E-state index is 10.9. The van der Waals surface area contributed by atoms with Crippen molar-refractivity contribution in [1.29, 1.82) is 0 Å². The molecule has 0 saturated heterocycles. The van der Waals surface area contributed by atoms with Gasteiger partial charge in [-0.3, -0.25) is 4.79 Å². The Balaban J connectivity index is 2.56. The lowest BCUT2D eigenvalue weighted by Gasteiger charge is -2.16. The summed E-state index contributed by atoms with van der Waals surface area (Å²) in [5.74, 6) is 0.646. The highest BCUT2D eigenvalue weighted by Crippen LogP contribution is 2.09. The van der Waals surface area contributed by atoms with E-state index in [4.69, 9.17) is 0 Å². The Hall–Kier alpha value is -1.32. The van der Waals surface area contributed by atoms with Crippen LogP contribution in [0.25, 0.3) is 0 Å². The van der Waals surface area contributed by atoms with Crippen molar-refractivity contribution in [3.05, 3.63) is 22.6 Å². The fraction of sp³-hybridized carbons (Fsp3) is 0.600. The number of aromatic nitrogens is 2. The maximum Gasteiger partial charge on any atom is 0.266 e. The lowest BCUT2D eigenvalue weighted by atomic mass is 10.1. The maximum atomic E-state index is 10.9. The van der Waals surface area contributed by atoms with Gasteiger partial charge in [0.1, 0.15) is 0 Å². The molecule has 4 heteroatoms. The van der Waals surface area contributed by atoms with Crippen LogP contribution in [0.3, 0.4) is 0 Å². The first-order valence-electron chi connectivity index (χ1n) is 4.89. The topological polar surface area (TPSA) is 57.8 Å². The fourth-order valence-corrected chi connectivity index (χ4v) is 1.51. The number of anilines is 1. The van der Waals surface area contributed by atoms with Crippen molar-refractivity contribution in [2.45, 2.75) is 33.2 Å². The molecule has 2 N–H and O–H groups in total. The van der Waals surface area contributed by atoms with Gasteiger partial charge in [-0.15, -0.1) is 0 Å². The van der Waals surface area contributed by atoms with Crippen LogP contribution in [-0.2, 0) is 0 Å². The Labute approximate surface area is 83.7 Å². The summed E-state index contributed by atoms with van der Waals surface area (Å²) in [7, 11) is 0. The van der Waals surface area contributed by atoms with Gasteiger partial charge in [0.2, 0.25) is 0 Å². The van der Waals surface area contributed by atoms with Gasteiger partial charge in [0.25, 0.3) is 5.56 Å². The molecule has 0 aliphatic rings. The Morgan fingerprint density at radius 1 is 1.50 bits per heavy atom. The fourth-order valence-electron chi connectivity index (χ4n) is 1.51. The molecule has 0 aliphatic carbocycles. The Kier molecular flexibility index (Phi) is 3.68. The first-order chi connectivity index (χ1) is 6.58. The lowest BCUT2D eigenvalue weighted by Crippen LogP contribution is -2.19. The highest BCUT2D eigenvalue weighted by Gasteiger charge is 2.04. The Morgan fingerprint density at radius 3 is 2.79 bits per heavy atom. The molecule has 0 spiro atoms. The second-order valence-corrected chi connectivity index (χ2v) is 4.01. The summed E-state index contributed by atoms with van der Waals surface area (Å²) in [6.45, 7) is 6.45. The van der Waals surface area contributed by atoms with E-state index in [0.717, 1.165) is 12.1 Å². The molecule has 1 unspecified atom stereocenters. The molecular weight excluding hydrogens is 178 g/mol. The largest absolute Gasteiger partial charge is 0.381 e. The molecule has 0 aromatic carbocycles. The van der Waals surface area contributed by atoms with Crippen molar-refractivity contribution in [3.63, 3.8) is 0 Å². The van der Waals surface area contributed by atoms with E-state index in [9.17, 15) is 4.79 Å². The molecule has 0 aliphatic heterocycles. The third-order valence-corrected chi connectivity index (χ3v) is 1.90. The van der Waals surface area contributed by atoms with E-state index in [1.807, 2.05) is 0 Å². The first kappa shape index (κ1) is 10.8. The molecule has 4 nitrogen and oxygen atoms in total. The number of aromatic amines is 1. The van der Waals surface area contributed by atoms with Crippen LogP contribution in [-0.4, -0.2) is 16.2 Å². The second kappa shape index (κ2) is 4.79. The van der Waals surface area contributed by atoms with E-state index < -0.39 is 0 Å². The van der Waals surface area contributed by atoms with Crippen LogP contribution in [0.5, 0.6) is 0 Å². The van der Waals surface area contributed by atoms with Gasteiger partial charge in [0.15, 0.2) is 0 Å². The summed E-state index contributed by atoms with van der Waals surface area (Å²) in [6, 6.07) is 1.88. The predicted octanol–water partition coefficient (Wildman–Crippen LogP) is 1.62. The number of nitrogens with one attached hydrogen (secondary N) is 2. The van der Waals surface area contributed by atoms with E-state index in [1.165, 1.54) is 6.07 Å². The van der Waals surface area contributed by atoms with Gasteiger partial charge in [-0.1, -0.05) is 13.8 Å². The van der Waals surface area contributed by atoms with Crippen LogP contribution < -0.4 is 10.9 Å². The quantitative estimate of drug-likeness (QED) is 0.767. The molecule has 0 amide bonds. The van der Waals surface area contributed by atoms with Crippen LogP contribution in [0.2, 0.25) is 0 Å². The number of rotatable bonds is 4. The minimum Gasteiger partial charge on any atom is -0.381 e. The summed E-state index contributed by atoms with van der Waals surface area (Å²) in [6.07, 6.45) is 2.70. The molecule has 0 radical (unpaired) electrons. The summed E-state index contributed by atoms with van der Waals surface area (Å²) in [5, 5.41) is 9.29. The molecular formula is C10H17N3O. The number of nitrogens with zero attached hydrogens (tertiary/aromatic N) is 1. The van der Waals surface area contributed by atoms with Crippen LogP contribution in [0.4, 0.5) is 5.69 Å². The summed E-state index contributed by atoms with van der Waals surface area (Å²) in [4.78, 5) is 10.9.